The minimum atomic E-state index is -0.333. The molecule has 1 N–H and O–H groups in total. The molecule has 0 radical (unpaired) electrons. The third-order valence-electron chi connectivity index (χ3n) is 3.68. The highest BCUT2D eigenvalue weighted by Gasteiger charge is 2.21. The highest BCUT2D eigenvalue weighted by Crippen LogP contribution is 2.28. The van der Waals surface area contributed by atoms with Crippen molar-refractivity contribution in [2.45, 2.75) is 53.0 Å². The van der Waals surface area contributed by atoms with Crippen LogP contribution in [0.15, 0.2) is 18.2 Å². The molecule has 6 nitrogen and oxygen atoms in total. The summed E-state index contributed by atoms with van der Waals surface area (Å²) in [7, 11) is 1.55. The summed E-state index contributed by atoms with van der Waals surface area (Å²) in [6, 6.07) is 5.11. The Labute approximate surface area is 156 Å². The summed E-state index contributed by atoms with van der Waals surface area (Å²) in [6.45, 7) is 10.7. The van der Waals surface area contributed by atoms with E-state index in [-0.39, 0.29) is 23.9 Å². The molecule has 0 atom stereocenters. The first kappa shape index (κ1) is 21.8. The van der Waals surface area contributed by atoms with Crippen molar-refractivity contribution in [2.24, 2.45) is 0 Å². The van der Waals surface area contributed by atoms with Crippen molar-refractivity contribution >= 4 is 11.8 Å². The summed E-state index contributed by atoms with van der Waals surface area (Å²) in [5.41, 5.74) is 0.135. The van der Waals surface area contributed by atoms with Crippen LogP contribution in [0.5, 0.6) is 11.5 Å². The van der Waals surface area contributed by atoms with E-state index in [0.717, 1.165) is 12.8 Å². The minimum Gasteiger partial charge on any atom is -0.493 e. The van der Waals surface area contributed by atoms with E-state index in [4.69, 9.17) is 9.47 Å². The van der Waals surface area contributed by atoms with Crippen molar-refractivity contribution in [1.82, 2.24) is 10.2 Å². The summed E-state index contributed by atoms with van der Waals surface area (Å²) >= 11 is 0. The van der Waals surface area contributed by atoms with Crippen LogP contribution in [-0.4, -0.2) is 49.1 Å². The second kappa shape index (κ2) is 10.0. The first-order valence-electron chi connectivity index (χ1n) is 9.13. The fraction of sp³-hybridized carbons (Fsp3) is 0.600. The van der Waals surface area contributed by atoms with Gasteiger partial charge in [-0.1, -0.05) is 13.3 Å². The molecule has 0 aliphatic heterocycles. The van der Waals surface area contributed by atoms with Crippen LogP contribution >= 0.6 is 0 Å². The molecule has 1 aromatic rings. The number of ether oxygens (including phenoxy) is 2. The molecule has 0 aliphatic rings. The minimum absolute atomic E-state index is 0.0175. The second-order valence-corrected chi connectivity index (χ2v) is 7.19. The normalized spacial score (nSPS) is 11.0. The lowest BCUT2D eigenvalue weighted by atomic mass is 10.1. The van der Waals surface area contributed by atoms with E-state index in [1.54, 1.807) is 25.3 Å². The Morgan fingerprint density at radius 2 is 1.85 bits per heavy atom. The molecule has 146 valence electrons. The number of carbonyl (C=O) groups excluding carboxylic acids is 2. The van der Waals surface area contributed by atoms with E-state index in [9.17, 15) is 9.59 Å². The third kappa shape index (κ3) is 6.94. The molecule has 6 heteroatoms. The van der Waals surface area contributed by atoms with Gasteiger partial charge in [-0.3, -0.25) is 9.59 Å². The Morgan fingerprint density at radius 3 is 2.38 bits per heavy atom. The number of amides is 2. The average molecular weight is 364 g/mol. The summed E-state index contributed by atoms with van der Waals surface area (Å²) in [4.78, 5) is 26.4. The van der Waals surface area contributed by atoms with Gasteiger partial charge >= 0.3 is 0 Å². The molecule has 0 saturated carbocycles. The van der Waals surface area contributed by atoms with Crippen molar-refractivity contribution in [2.75, 3.05) is 26.8 Å². The highest BCUT2D eigenvalue weighted by molar-refractivity contribution is 5.97. The second-order valence-electron chi connectivity index (χ2n) is 7.19. The zero-order chi connectivity index (χ0) is 19.7. The fourth-order valence-electron chi connectivity index (χ4n) is 2.39. The number of nitrogens with one attached hydrogen (secondary N) is 1. The van der Waals surface area contributed by atoms with Crippen LogP contribution in [0.2, 0.25) is 0 Å². The highest BCUT2D eigenvalue weighted by atomic mass is 16.5. The van der Waals surface area contributed by atoms with Crippen LogP contribution in [0.3, 0.4) is 0 Å². The lowest BCUT2D eigenvalue weighted by Gasteiger charge is -2.25. The zero-order valence-electron chi connectivity index (χ0n) is 16.8. The van der Waals surface area contributed by atoms with Gasteiger partial charge in [0.1, 0.15) is 0 Å². The van der Waals surface area contributed by atoms with Crippen LogP contribution in [-0.2, 0) is 4.79 Å². The van der Waals surface area contributed by atoms with Crippen molar-refractivity contribution in [3.63, 3.8) is 0 Å². The number of benzene rings is 1. The maximum absolute atomic E-state index is 12.8. The number of hydrogen-bond donors (Lipinski definition) is 1. The Morgan fingerprint density at radius 1 is 1.15 bits per heavy atom. The van der Waals surface area contributed by atoms with Crippen LogP contribution in [0.1, 0.15) is 57.8 Å². The smallest absolute Gasteiger partial charge is 0.254 e. The standard InChI is InChI=1S/C20H32N2O4/c1-7-9-12-26-16-11-10-15(13-17(16)25-6)19(24)22(8-2)14-18(23)21-20(3,4)5/h10-11,13H,7-9,12,14H2,1-6H3,(H,21,23). The maximum Gasteiger partial charge on any atom is 0.254 e. The fourth-order valence-corrected chi connectivity index (χ4v) is 2.39. The maximum atomic E-state index is 12.8. The third-order valence-corrected chi connectivity index (χ3v) is 3.68. The lowest BCUT2D eigenvalue weighted by Crippen LogP contribution is -2.47. The number of hydrogen-bond acceptors (Lipinski definition) is 4. The van der Waals surface area contributed by atoms with Gasteiger partial charge in [-0.15, -0.1) is 0 Å². The summed E-state index contributed by atoms with van der Waals surface area (Å²) in [6.07, 6.45) is 2.00. The van der Waals surface area contributed by atoms with E-state index in [1.807, 2.05) is 27.7 Å². The largest absolute Gasteiger partial charge is 0.493 e. The van der Waals surface area contributed by atoms with Gasteiger partial charge in [-0.05, 0) is 52.3 Å². The Balaban J connectivity index is 2.87. The Hall–Kier alpha value is -2.24. The SMILES string of the molecule is CCCCOc1ccc(C(=O)N(CC)CC(=O)NC(C)(C)C)cc1OC. The summed E-state index contributed by atoms with van der Waals surface area (Å²) < 4.78 is 11.0. The van der Waals surface area contributed by atoms with E-state index in [2.05, 4.69) is 12.2 Å². The van der Waals surface area contributed by atoms with Gasteiger partial charge in [-0.25, -0.2) is 0 Å². The molecule has 0 bridgehead atoms. The number of carbonyl (C=O) groups is 2. The van der Waals surface area contributed by atoms with Crippen molar-refractivity contribution in [1.29, 1.82) is 0 Å². The Kier molecular flexibility index (Phi) is 8.42. The molecule has 0 unspecified atom stereocenters. The van der Waals surface area contributed by atoms with Gasteiger partial charge in [0.25, 0.3) is 5.91 Å². The molecule has 0 saturated heterocycles. The quantitative estimate of drug-likeness (QED) is 0.683. The van der Waals surface area contributed by atoms with E-state index in [0.29, 0.717) is 30.2 Å². The number of methoxy groups -OCH3 is 1. The van der Waals surface area contributed by atoms with Crippen LogP contribution in [0.4, 0.5) is 0 Å². The van der Waals surface area contributed by atoms with Crippen molar-refractivity contribution in [3.8, 4) is 11.5 Å². The number of nitrogens with zero attached hydrogens (tertiary/aromatic N) is 1. The van der Waals surface area contributed by atoms with Gasteiger partial charge in [0.05, 0.1) is 20.3 Å². The molecular weight excluding hydrogens is 332 g/mol. The number of rotatable bonds is 9. The number of unbranched alkanes of at least 4 members (excludes halogenated alkanes) is 1. The Bertz CT molecular complexity index is 608. The topological polar surface area (TPSA) is 67.9 Å². The molecule has 0 aromatic heterocycles. The molecule has 26 heavy (non-hydrogen) atoms. The van der Waals surface area contributed by atoms with Gasteiger partial charge < -0.3 is 19.7 Å². The van der Waals surface area contributed by atoms with E-state index >= 15 is 0 Å². The molecule has 0 fully saturated rings. The van der Waals surface area contributed by atoms with Gasteiger partial charge in [-0.2, -0.15) is 0 Å². The van der Waals surface area contributed by atoms with Crippen LogP contribution in [0.25, 0.3) is 0 Å². The lowest BCUT2D eigenvalue weighted by molar-refractivity contribution is -0.123. The zero-order valence-corrected chi connectivity index (χ0v) is 16.8. The molecule has 1 rings (SSSR count). The molecule has 0 aliphatic carbocycles. The first-order chi connectivity index (χ1) is 12.2. The van der Waals surface area contributed by atoms with Crippen LogP contribution < -0.4 is 14.8 Å². The first-order valence-corrected chi connectivity index (χ1v) is 9.13. The van der Waals surface area contributed by atoms with Crippen molar-refractivity contribution < 1.29 is 19.1 Å². The molecule has 1 aromatic carbocycles. The summed E-state index contributed by atoms with van der Waals surface area (Å²) in [5.74, 6) is 0.738. The van der Waals surface area contributed by atoms with E-state index < -0.39 is 0 Å². The predicted octanol–water partition coefficient (Wildman–Crippen LogP) is 3.25. The molecular formula is C20H32N2O4. The predicted molar refractivity (Wildman–Crippen MR) is 103 cm³/mol. The van der Waals surface area contributed by atoms with Crippen molar-refractivity contribution in [3.05, 3.63) is 23.8 Å². The monoisotopic (exact) mass is 364 g/mol. The average Bonchev–Trinajstić information content (AvgIpc) is 2.58. The van der Waals surface area contributed by atoms with Crippen LogP contribution in [0, 0.1) is 0 Å². The molecule has 2 amide bonds. The van der Waals surface area contributed by atoms with E-state index in [1.165, 1.54) is 4.90 Å². The van der Waals surface area contributed by atoms with Gasteiger partial charge in [0.15, 0.2) is 11.5 Å². The number of likely N-dealkylation sites (N-methyl/N-ethyl adjacent to an activating group) is 1. The molecule has 0 spiro atoms. The summed E-state index contributed by atoms with van der Waals surface area (Å²) in [5, 5.41) is 2.87. The molecule has 0 heterocycles. The van der Waals surface area contributed by atoms with Gasteiger partial charge in [0, 0.05) is 17.6 Å². The van der Waals surface area contributed by atoms with Gasteiger partial charge in [0.2, 0.25) is 5.91 Å².